The molecule has 0 bridgehead atoms. The number of anilines is 1. The molecule has 0 saturated heterocycles. The number of rotatable bonds is 3. The lowest BCUT2D eigenvalue weighted by molar-refractivity contribution is 0.262. The van der Waals surface area contributed by atoms with E-state index in [1.807, 2.05) is 0 Å². The Bertz CT molecular complexity index is 633. The molecule has 0 spiro atoms. The Hall–Kier alpha value is -2.31. The van der Waals surface area contributed by atoms with Crippen molar-refractivity contribution >= 4 is 5.69 Å². The van der Waals surface area contributed by atoms with Gasteiger partial charge in [-0.3, -0.25) is 0 Å². The van der Waals surface area contributed by atoms with Crippen LogP contribution < -0.4 is 10.5 Å². The van der Waals surface area contributed by atoms with E-state index in [-0.39, 0.29) is 17.3 Å². The third-order valence-electron chi connectivity index (χ3n) is 2.55. The van der Waals surface area contributed by atoms with Crippen LogP contribution in [0.2, 0.25) is 0 Å². The Morgan fingerprint density at radius 3 is 2.05 bits per heavy atom. The lowest BCUT2D eigenvalue weighted by Crippen LogP contribution is -2.05. The van der Waals surface area contributed by atoms with Crippen LogP contribution in [0, 0.1) is 29.1 Å². The maximum absolute atomic E-state index is 13.3. The van der Waals surface area contributed by atoms with Crippen LogP contribution >= 0.6 is 0 Å². The molecule has 0 fully saturated rings. The van der Waals surface area contributed by atoms with Crippen molar-refractivity contribution in [2.24, 2.45) is 0 Å². The summed E-state index contributed by atoms with van der Waals surface area (Å²) in [5.41, 5.74) is 5.67. The zero-order chi connectivity index (χ0) is 14.9. The summed E-state index contributed by atoms with van der Waals surface area (Å²) in [6.45, 7) is -0.469. The van der Waals surface area contributed by atoms with Crippen molar-refractivity contribution in [1.29, 1.82) is 0 Å². The molecule has 0 aliphatic carbocycles. The predicted molar refractivity (Wildman–Crippen MR) is 61.4 cm³/mol. The van der Waals surface area contributed by atoms with Gasteiger partial charge in [0.1, 0.15) is 12.4 Å². The molecule has 0 heterocycles. The van der Waals surface area contributed by atoms with Gasteiger partial charge < -0.3 is 10.5 Å². The minimum Gasteiger partial charge on any atom is -0.483 e. The van der Waals surface area contributed by atoms with E-state index in [2.05, 4.69) is 0 Å². The molecule has 2 aromatic carbocycles. The van der Waals surface area contributed by atoms with Crippen molar-refractivity contribution in [3.05, 3.63) is 58.9 Å². The summed E-state index contributed by atoms with van der Waals surface area (Å²) in [4.78, 5) is 0. The van der Waals surface area contributed by atoms with Gasteiger partial charge in [0.15, 0.2) is 17.4 Å². The van der Waals surface area contributed by atoms with Gasteiger partial charge in [-0.25, -0.2) is 13.2 Å². The first-order valence-electron chi connectivity index (χ1n) is 5.40. The first kappa shape index (κ1) is 14.1. The molecule has 0 aliphatic rings. The SMILES string of the molecule is Nc1cc(F)ccc1COc1c(F)c(F)cc(F)c1F. The topological polar surface area (TPSA) is 35.2 Å². The Morgan fingerprint density at radius 2 is 1.50 bits per heavy atom. The van der Waals surface area contributed by atoms with Gasteiger partial charge in [-0.2, -0.15) is 8.78 Å². The van der Waals surface area contributed by atoms with Gasteiger partial charge in [-0.15, -0.1) is 0 Å². The van der Waals surface area contributed by atoms with E-state index in [0.717, 1.165) is 12.1 Å². The van der Waals surface area contributed by atoms with Crippen LogP contribution in [0.15, 0.2) is 24.3 Å². The quantitative estimate of drug-likeness (QED) is 0.533. The van der Waals surface area contributed by atoms with Gasteiger partial charge in [0.05, 0.1) is 0 Å². The van der Waals surface area contributed by atoms with Gasteiger partial charge in [0, 0.05) is 17.3 Å². The van der Waals surface area contributed by atoms with Crippen LogP contribution in [0.4, 0.5) is 27.6 Å². The molecule has 0 aliphatic heterocycles. The number of hydrogen-bond acceptors (Lipinski definition) is 2. The van der Waals surface area contributed by atoms with Gasteiger partial charge in [0.25, 0.3) is 0 Å². The van der Waals surface area contributed by atoms with Gasteiger partial charge in [-0.1, -0.05) is 6.07 Å². The zero-order valence-electron chi connectivity index (χ0n) is 9.89. The molecule has 0 radical (unpaired) electrons. The summed E-state index contributed by atoms with van der Waals surface area (Å²) in [6, 6.07) is 3.35. The number of benzene rings is 2. The highest BCUT2D eigenvalue weighted by Gasteiger charge is 2.20. The summed E-state index contributed by atoms with van der Waals surface area (Å²) >= 11 is 0. The van der Waals surface area contributed by atoms with Crippen LogP contribution in [0.5, 0.6) is 5.75 Å². The Kier molecular flexibility index (Phi) is 3.78. The summed E-state index contributed by atoms with van der Waals surface area (Å²) in [5, 5.41) is 0. The van der Waals surface area contributed by atoms with Crippen molar-refractivity contribution in [2.45, 2.75) is 6.61 Å². The largest absolute Gasteiger partial charge is 0.483 e. The van der Waals surface area contributed by atoms with Crippen molar-refractivity contribution in [1.82, 2.24) is 0 Å². The fraction of sp³-hybridized carbons (Fsp3) is 0.0769. The van der Waals surface area contributed by atoms with Gasteiger partial charge in [-0.05, 0) is 12.1 Å². The fourth-order valence-electron chi connectivity index (χ4n) is 1.53. The average molecular weight is 289 g/mol. The summed E-state index contributed by atoms with van der Waals surface area (Å²) in [6.07, 6.45) is 0. The van der Waals surface area contributed by atoms with Gasteiger partial charge in [0.2, 0.25) is 11.6 Å². The van der Waals surface area contributed by atoms with E-state index in [4.69, 9.17) is 10.5 Å². The fourth-order valence-corrected chi connectivity index (χ4v) is 1.53. The lowest BCUT2D eigenvalue weighted by atomic mass is 10.2. The van der Waals surface area contributed by atoms with E-state index in [1.54, 1.807) is 0 Å². The first-order valence-corrected chi connectivity index (χ1v) is 5.40. The summed E-state index contributed by atoms with van der Waals surface area (Å²) in [7, 11) is 0. The minimum absolute atomic E-state index is 0.0114. The third-order valence-corrected chi connectivity index (χ3v) is 2.55. The van der Waals surface area contributed by atoms with Crippen LogP contribution in [-0.4, -0.2) is 0 Å². The monoisotopic (exact) mass is 289 g/mol. The molecule has 0 amide bonds. The number of ether oxygens (including phenoxy) is 1. The maximum Gasteiger partial charge on any atom is 0.203 e. The molecule has 2 aromatic rings. The van der Waals surface area contributed by atoms with Crippen molar-refractivity contribution in [3.63, 3.8) is 0 Å². The lowest BCUT2D eigenvalue weighted by Gasteiger charge is -2.11. The van der Waals surface area contributed by atoms with E-state index in [1.165, 1.54) is 6.07 Å². The molecular weight excluding hydrogens is 281 g/mol. The Morgan fingerprint density at radius 1 is 0.900 bits per heavy atom. The highest BCUT2D eigenvalue weighted by molar-refractivity contribution is 5.46. The molecule has 2 N–H and O–H groups in total. The number of hydrogen-bond donors (Lipinski definition) is 1. The number of nitrogen functional groups attached to an aromatic ring is 1. The number of nitrogens with two attached hydrogens (primary N) is 1. The maximum atomic E-state index is 13.3. The zero-order valence-corrected chi connectivity index (χ0v) is 9.89. The summed E-state index contributed by atoms with van der Waals surface area (Å²) in [5.74, 6) is -8.24. The van der Waals surface area contributed by atoms with Crippen molar-refractivity contribution in [3.8, 4) is 5.75 Å². The predicted octanol–water partition coefficient (Wildman–Crippen LogP) is 3.54. The smallest absolute Gasteiger partial charge is 0.203 e. The van der Waals surface area contributed by atoms with Crippen LogP contribution in [0.1, 0.15) is 5.56 Å². The summed E-state index contributed by atoms with van der Waals surface area (Å²) < 4.78 is 70.0. The molecule has 0 aromatic heterocycles. The first-order chi connectivity index (χ1) is 9.40. The molecule has 0 atom stereocenters. The second-order valence-corrected chi connectivity index (χ2v) is 3.93. The molecule has 20 heavy (non-hydrogen) atoms. The molecule has 2 rings (SSSR count). The molecule has 0 saturated carbocycles. The second-order valence-electron chi connectivity index (χ2n) is 3.93. The minimum atomic E-state index is -1.65. The standard InChI is InChI=1S/C13H8F5NO/c14-7-2-1-6(10(19)3-7)5-20-13-11(17)8(15)4-9(16)12(13)18/h1-4H,5,19H2. The van der Waals surface area contributed by atoms with Gasteiger partial charge >= 0.3 is 0 Å². The van der Waals surface area contributed by atoms with Crippen LogP contribution in [0.3, 0.4) is 0 Å². The van der Waals surface area contributed by atoms with E-state index < -0.39 is 41.4 Å². The van der Waals surface area contributed by atoms with E-state index in [0.29, 0.717) is 0 Å². The molecule has 0 unspecified atom stereocenters. The molecule has 2 nitrogen and oxygen atoms in total. The third kappa shape index (κ3) is 2.66. The van der Waals surface area contributed by atoms with Crippen molar-refractivity contribution < 1.29 is 26.7 Å². The van der Waals surface area contributed by atoms with E-state index in [9.17, 15) is 22.0 Å². The number of halogens is 5. The Balaban J connectivity index is 2.27. The highest BCUT2D eigenvalue weighted by atomic mass is 19.2. The normalized spacial score (nSPS) is 10.7. The average Bonchev–Trinajstić information content (AvgIpc) is 2.38. The molecule has 7 heteroatoms. The van der Waals surface area contributed by atoms with Crippen LogP contribution in [0.25, 0.3) is 0 Å². The Labute approximate surface area is 110 Å². The molecule has 106 valence electrons. The van der Waals surface area contributed by atoms with Crippen LogP contribution in [-0.2, 0) is 6.61 Å². The van der Waals surface area contributed by atoms with Crippen molar-refractivity contribution in [2.75, 3.05) is 5.73 Å². The van der Waals surface area contributed by atoms with E-state index >= 15 is 0 Å². The second kappa shape index (κ2) is 5.36. The highest BCUT2D eigenvalue weighted by Crippen LogP contribution is 2.27. The molecular formula is C13H8F5NO.